The van der Waals surface area contributed by atoms with E-state index >= 15 is 0 Å². The molecule has 5 nitrogen and oxygen atoms in total. The van der Waals surface area contributed by atoms with Gasteiger partial charge in [-0.25, -0.2) is 9.38 Å². The molecule has 2 amide bonds. The Morgan fingerprint density at radius 3 is 2.32 bits per heavy atom. The third-order valence-electron chi connectivity index (χ3n) is 8.73. The minimum atomic E-state index is -0.375. The maximum Gasteiger partial charge on any atom is 0.283 e. The van der Waals surface area contributed by atoms with Crippen LogP contribution in [0.3, 0.4) is 0 Å². The van der Waals surface area contributed by atoms with Gasteiger partial charge >= 0.3 is 0 Å². The Bertz CT molecular complexity index is 1220. The number of halogens is 1. The Labute approximate surface area is 221 Å². The van der Waals surface area contributed by atoms with Crippen LogP contribution in [0.4, 0.5) is 10.1 Å². The largest absolute Gasteiger partial charge is 0.352 e. The molecule has 1 N–H and O–H groups in total. The number of hydrogen-bond acceptors (Lipinski definition) is 4. The number of nitrogens with zero attached hydrogens (tertiary/aromatic N) is 2. The minimum absolute atomic E-state index is 0.0389. The molecule has 1 heterocycles. The van der Waals surface area contributed by atoms with E-state index in [4.69, 9.17) is 0 Å². The van der Waals surface area contributed by atoms with Crippen molar-refractivity contribution >= 4 is 40.5 Å². The number of carbonyl (C=O) groups is 2. The van der Waals surface area contributed by atoms with E-state index < -0.39 is 0 Å². The summed E-state index contributed by atoms with van der Waals surface area (Å²) in [6, 6.07) is 15.4. The van der Waals surface area contributed by atoms with Gasteiger partial charge in [-0.15, -0.1) is 0 Å². The van der Waals surface area contributed by atoms with Gasteiger partial charge in [-0.05, 0) is 105 Å². The summed E-state index contributed by atoms with van der Waals surface area (Å²) in [4.78, 5) is 32.5. The Hall–Kier alpha value is -2.93. The number of carbonyl (C=O) groups excluding carboxylic acids is 2. The number of amidine groups is 1. The highest BCUT2D eigenvalue weighted by molar-refractivity contribution is 8.14. The Morgan fingerprint density at radius 2 is 1.70 bits per heavy atom. The SMILES string of the molecule is C[C@H](NC(=O)CSC1=N/C(=C\c2ccccc2)C(=O)N1c1ccc(F)cc1)C12CC3CC(CC(C3)C1)C2. The van der Waals surface area contributed by atoms with E-state index in [2.05, 4.69) is 17.2 Å². The van der Waals surface area contributed by atoms with Crippen molar-refractivity contribution in [1.82, 2.24) is 5.32 Å². The topological polar surface area (TPSA) is 61.8 Å². The summed E-state index contributed by atoms with van der Waals surface area (Å²) in [5, 5.41) is 3.73. The Morgan fingerprint density at radius 1 is 1.08 bits per heavy atom. The summed E-state index contributed by atoms with van der Waals surface area (Å²) in [5.74, 6) is 1.95. The summed E-state index contributed by atoms with van der Waals surface area (Å²) in [6.07, 6.45) is 9.58. The highest BCUT2D eigenvalue weighted by Crippen LogP contribution is 2.61. The predicted octanol–water partition coefficient (Wildman–Crippen LogP) is 6.02. The molecular weight excluding hydrogens is 485 g/mol. The quantitative estimate of drug-likeness (QED) is 0.477. The van der Waals surface area contributed by atoms with Crippen LogP contribution >= 0.6 is 11.8 Å². The maximum absolute atomic E-state index is 13.6. The van der Waals surface area contributed by atoms with Gasteiger partial charge in [-0.3, -0.25) is 14.5 Å². The number of amides is 2. The van der Waals surface area contributed by atoms with Crippen LogP contribution in [0.1, 0.15) is 51.0 Å². The number of nitrogens with one attached hydrogen (secondary N) is 1. The molecule has 7 rings (SSSR count). The molecule has 192 valence electrons. The third kappa shape index (κ3) is 4.86. The van der Waals surface area contributed by atoms with Crippen molar-refractivity contribution in [3.63, 3.8) is 0 Å². The van der Waals surface area contributed by atoms with Gasteiger partial charge < -0.3 is 5.32 Å². The zero-order valence-corrected chi connectivity index (χ0v) is 21.8. The van der Waals surface area contributed by atoms with Gasteiger partial charge in [-0.1, -0.05) is 42.1 Å². The van der Waals surface area contributed by atoms with Gasteiger partial charge in [0, 0.05) is 6.04 Å². The molecule has 7 heteroatoms. The maximum atomic E-state index is 13.6. The molecule has 5 aliphatic rings. The lowest BCUT2D eigenvalue weighted by Gasteiger charge is -2.59. The molecule has 37 heavy (non-hydrogen) atoms. The fraction of sp³-hybridized carbons (Fsp3) is 0.433. The van der Waals surface area contributed by atoms with Crippen molar-refractivity contribution in [3.05, 3.63) is 71.7 Å². The van der Waals surface area contributed by atoms with Crippen LogP contribution in [-0.2, 0) is 9.59 Å². The van der Waals surface area contributed by atoms with Crippen molar-refractivity contribution in [3.8, 4) is 0 Å². The fourth-order valence-electron chi connectivity index (χ4n) is 7.39. The van der Waals surface area contributed by atoms with E-state index in [1.54, 1.807) is 18.2 Å². The highest BCUT2D eigenvalue weighted by atomic mass is 32.2. The second kappa shape index (κ2) is 9.75. The van der Waals surface area contributed by atoms with E-state index in [9.17, 15) is 14.0 Å². The predicted molar refractivity (Wildman–Crippen MR) is 146 cm³/mol. The number of anilines is 1. The van der Waals surface area contributed by atoms with E-state index in [0.717, 1.165) is 23.3 Å². The lowest BCUT2D eigenvalue weighted by atomic mass is 9.48. The molecule has 2 aromatic rings. The van der Waals surface area contributed by atoms with Crippen molar-refractivity contribution in [2.75, 3.05) is 10.7 Å². The first-order chi connectivity index (χ1) is 17.9. The van der Waals surface area contributed by atoms with Crippen LogP contribution in [0.5, 0.6) is 0 Å². The zero-order valence-electron chi connectivity index (χ0n) is 21.0. The second-order valence-electron chi connectivity index (χ2n) is 11.3. The van der Waals surface area contributed by atoms with Gasteiger partial charge in [0.1, 0.15) is 11.5 Å². The van der Waals surface area contributed by atoms with Crippen LogP contribution in [0, 0.1) is 29.0 Å². The number of thioether (sulfide) groups is 1. The summed E-state index contributed by atoms with van der Waals surface area (Å²) >= 11 is 1.24. The summed E-state index contributed by atoms with van der Waals surface area (Å²) in [6.45, 7) is 2.18. The summed E-state index contributed by atoms with van der Waals surface area (Å²) < 4.78 is 13.6. The van der Waals surface area contributed by atoms with Gasteiger partial charge in [0.25, 0.3) is 5.91 Å². The molecule has 0 aromatic heterocycles. The molecule has 0 radical (unpaired) electrons. The second-order valence-corrected chi connectivity index (χ2v) is 12.3. The molecule has 1 aliphatic heterocycles. The molecule has 4 fully saturated rings. The van der Waals surface area contributed by atoms with Gasteiger partial charge in [0.2, 0.25) is 5.91 Å². The minimum Gasteiger partial charge on any atom is -0.352 e. The van der Waals surface area contributed by atoms with Crippen molar-refractivity contribution in [2.24, 2.45) is 28.2 Å². The van der Waals surface area contributed by atoms with Crippen molar-refractivity contribution < 1.29 is 14.0 Å². The standard InChI is InChI=1S/C30H32FN3O2S/c1-19(30-15-21-11-22(16-30)13-23(12-21)17-30)32-27(35)18-37-29-33-26(14-20-5-3-2-4-6-20)28(36)34(29)25-9-7-24(31)8-10-25/h2-10,14,19,21-23H,11-13,15-18H2,1H3,(H,32,35)/b26-14-/t19-,21?,22?,23?,30?/m0/s1. The molecule has 4 bridgehead atoms. The van der Waals surface area contributed by atoms with E-state index in [1.165, 1.54) is 67.3 Å². The molecular formula is C30H32FN3O2S. The van der Waals surface area contributed by atoms with Gasteiger partial charge in [-0.2, -0.15) is 0 Å². The van der Waals surface area contributed by atoms with E-state index in [0.29, 0.717) is 16.6 Å². The summed E-state index contributed by atoms with van der Waals surface area (Å²) in [7, 11) is 0. The molecule has 0 unspecified atom stereocenters. The van der Waals surface area contributed by atoms with Crippen molar-refractivity contribution in [2.45, 2.75) is 51.5 Å². The molecule has 0 spiro atoms. The normalized spacial score (nSPS) is 30.1. The average Bonchev–Trinajstić information content (AvgIpc) is 3.18. The van der Waals surface area contributed by atoms with Gasteiger partial charge in [0.05, 0.1) is 11.4 Å². The average molecular weight is 518 g/mol. The summed E-state index contributed by atoms with van der Waals surface area (Å²) in [5.41, 5.74) is 1.92. The Balaban J connectivity index is 1.17. The molecule has 0 saturated heterocycles. The number of benzene rings is 2. The molecule has 4 aliphatic carbocycles. The number of aliphatic imine (C=N–C) groups is 1. The van der Waals surface area contributed by atoms with Crippen LogP contribution in [-0.4, -0.2) is 28.8 Å². The zero-order chi connectivity index (χ0) is 25.6. The highest BCUT2D eigenvalue weighted by Gasteiger charge is 2.53. The monoisotopic (exact) mass is 517 g/mol. The molecule has 2 aromatic carbocycles. The number of rotatable bonds is 6. The van der Waals surface area contributed by atoms with Crippen LogP contribution in [0.25, 0.3) is 6.08 Å². The van der Waals surface area contributed by atoms with Gasteiger partial charge in [0.15, 0.2) is 5.17 Å². The first-order valence-electron chi connectivity index (χ1n) is 13.3. The van der Waals surface area contributed by atoms with Crippen LogP contribution < -0.4 is 10.2 Å². The van der Waals surface area contributed by atoms with Crippen molar-refractivity contribution in [1.29, 1.82) is 0 Å². The first-order valence-corrected chi connectivity index (χ1v) is 14.2. The number of hydrogen-bond donors (Lipinski definition) is 1. The van der Waals surface area contributed by atoms with E-state index in [1.807, 2.05) is 30.3 Å². The third-order valence-corrected chi connectivity index (χ3v) is 9.67. The lowest BCUT2D eigenvalue weighted by molar-refractivity contribution is -0.123. The fourth-order valence-corrected chi connectivity index (χ4v) is 8.22. The molecule has 4 saturated carbocycles. The molecule has 1 atom stereocenters. The van der Waals surface area contributed by atoms with E-state index in [-0.39, 0.29) is 34.8 Å². The smallest absolute Gasteiger partial charge is 0.283 e. The van der Waals surface area contributed by atoms with Crippen LogP contribution in [0.2, 0.25) is 0 Å². The first kappa shape index (κ1) is 24.4. The van der Waals surface area contributed by atoms with Crippen LogP contribution in [0.15, 0.2) is 65.3 Å². The Kier molecular flexibility index (Phi) is 6.43. The lowest BCUT2D eigenvalue weighted by Crippen LogP contribution is -2.56.